The number of thiophene rings is 1. The summed E-state index contributed by atoms with van der Waals surface area (Å²) in [6.45, 7) is 0.547. The zero-order valence-electron chi connectivity index (χ0n) is 16.5. The number of hydrogen-bond acceptors (Lipinski definition) is 5. The molecule has 0 aliphatic carbocycles. The van der Waals surface area contributed by atoms with Gasteiger partial charge >= 0.3 is 0 Å². The Hall–Kier alpha value is -2.39. The van der Waals surface area contributed by atoms with E-state index in [-0.39, 0.29) is 12.5 Å². The molecule has 1 fully saturated rings. The first-order valence-corrected chi connectivity index (χ1v) is 12.5. The number of halogens is 1. The number of nitrogens with zero attached hydrogens (tertiary/aromatic N) is 1. The predicted molar refractivity (Wildman–Crippen MR) is 122 cm³/mol. The molecule has 1 aromatic heterocycles. The minimum Gasteiger partial charge on any atom is -0.455 e. The van der Waals surface area contributed by atoms with Crippen LogP contribution in [0.2, 0.25) is 5.02 Å². The highest BCUT2D eigenvalue weighted by atomic mass is 35.5. The number of carbonyl (C=O) groups is 1. The largest absolute Gasteiger partial charge is 0.455 e. The second-order valence-corrected chi connectivity index (χ2v) is 10.7. The molecular weight excluding hydrogens is 456 g/mol. The summed E-state index contributed by atoms with van der Waals surface area (Å²) in [4.78, 5) is 13.0. The smallest absolute Gasteiger partial charge is 0.252 e. The summed E-state index contributed by atoms with van der Waals surface area (Å²) in [7, 11) is -3.59. The van der Waals surface area contributed by atoms with Gasteiger partial charge < -0.3 is 10.1 Å². The molecule has 162 valence electrons. The minimum absolute atomic E-state index is 0.140. The van der Waals surface area contributed by atoms with Gasteiger partial charge in [0.25, 0.3) is 10.0 Å². The summed E-state index contributed by atoms with van der Waals surface area (Å²) in [5.41, 5.74) is 0.444. The van der Waals surface area contributed by atoms with Crippen molar-refractivity contribution in [3.05, 3.63) is 71.1 Å². The molecule has 0 spiro atoms. The van der Waals surface area contributed by atoms with Gasteiger partial charge in [-0.25, -0.2) is 8.42 Å². The van der Waals surface area contributed by atoms with Crippen molar-refractivity contribution in [1.82, 2.24) is 4.31 Å². The van der Waals surface area contributed by atoms with E-state index >= 15 is 0 Å². The molecule has 2 heterocycles. The lowest BCUT2D eigenvalue weighted by Crippen LogP contribution is -2.43. The number of anilines is 1. The van der Waals surface area contributed by atoms with Crippen molar-refractivity contribution in [1.29, 1.82) is 0 Å². The number of nitrogens with one attached hydrogen (secondary N) is 1. The highest BCUT2D eigenvalue weighted by Crippen LogP contribution is 2.33. The Kier molecular flexibility index (Phi) is 6.62. The van der Waals surface area contributed by atoms with Crippen LogP contribution in [0.5, 0.6) is 11.5 Å². The molecular formula is C22H21ClN2O4S2. The van der Waals surface area contributed by atoms with Crippen molar-refractivity contribution >= 4 is 44.6 Å². The maximum atomic E-state index is 13.0. The first kappa shape index (κ1) is 21.8. The zero-order valence-corrected chi connectivity index (χ0v) is 18.9. The standard InChI is InChI=1S/C22H21ClN2O4S2/c23-17-10-11-20(29-18-7-2-1-3-8-18)19(14-17)24-22(26)16-6-4-12-25(15-16)31(27,28)21-9-5-13-30-21/h1-3,5,7-11,13-14,16H,4,6,12,15H2,(H,24,26)/t16-/m1/s1. The van der Waals surface area contributed by atoms with Gasteiger partial charge in [0.15, 0.2) is 5.75 Å². The second-order valence-electron chi connectivity index (χ2n) is 7.18. The van der Waals surface area contributed by atoms with Gasteiger partial charge in [0.05, 0.1) is 11.6 Å². The first-order chi connectivity index (χ1) is 14.9. The number of ether oxygens (including phenoxy) is 1. The number of piperidine rings is 1. The van der Waals surface area contributed by atoms with Crippen LogP contribution in [-0.4, -0.2) is 31.7 Å². The molecule has 4 rings (SSSR count). The fourth-order valence-electron chi connectivity index (χ4n) is 3.45. The lowest BCUT2D eigenvalue weighted by atomic mass is 9.98. The third-order valence-electron chi connectivity index (χ3n) is 5.01. The second kappa shape index (κ2) is 9.40. The number of rotatable bonds is 6. The molecule has 6 nitrogen and oxygen atoms in total. The predicted octanol–water partition coefficient (Wildman–Crippen LogP) is 5.23. The van der Waals surface area contributed by atoms with E-state index in [1.165, 1.54) is 15.6 Å². The number of carbonyl (C=O) groups excluding carboxylic acids is 1. The molecule has 0 unspecified atom stereocenters. The Balaban J connectivity index is 1.50. The molecule has 0 saturated carbocycles. The Morgan fingerprint density at radius 1 is 1.13 bits per heavy atom. The van der Waals surface area contributed by atoms with Crippen LogP contribution in [-0.2, 0) is 14.8 Å². The van der Waals surface area contributed by atoms with Gasteiger partial charge in [0.1, 0.15) is 9.96 Å². The molecule has 9 heteroatoms. The Labute approximate surface area is 190 Å². The fourth-order valence-corrected chi connectivity index (χ4v) is 6.29. The first-order valence-electron chi connectivity index (χ1n) is 9.80. The monoisotopic (exact) mass is 476 g/mol. The maximum Gasteiger partial charge on any atom is 0.252 e. The third kappa shape index (κ3) is 5.10. The number of benzene rings is 2. The summed E-state index contributed by atoms with van der Waals surface area (Å²) in [5.74, 6) is 0.368. The van der Waals surface area contributed by atoms with E-state index < -0.39 is 15.9 Å². The normalized spacial score (nSPS) is 17.3. The molecule has 2 aromatic carbocycles. The maximum absolute atomic E-state index is 13.0. The summed E-state index contributed by atoms with van der Waals surface area (Å²) < 4.78 is 33.3. The van der Waals surface area contributed by atoms with Crippen molar-refractivity contribution in [2.75, 3.05) is 18.4 Å². The minimum atomic E-state index is -3.59. The van der Waals surface area contributed by atoms with Gasteiger partial charge in [0.2, 0.25) is 5.91 Å². The van der Waals surface area contributed by atoms with Crippen molar-refractivity contribution in [3.8, 4) is 11.5 Å². The van der Waals surface area contributed by atoms with Crippen molar-refractivity contribution in [2.24, 2.45) is 5.92 Å². The lowest BCUT2D eigenvalue weighted by Gasteiger charge is -2.31. The topological polar surface area (TPSA) is 75.7 Å². The number of hydrogen-bond donors (Lipinski definition) is 1. The van der Waals surface area contributed by atoms with E-state index in [1.54, 1.807) is 35.7 Å². The molecule has 31 heavy (non-hydrogen) atoms. The molecule has 3 aromatic rings. The van der Waals surface area contributed by atoms with Crippen LogP contribution in [0.3, 0.4) is 0 Å². The van der Waals surface area contributed by atoms with Crippen molar-refractivity contribution < 1.29 is 17.9 Å². The summed E-state index contributed by atoms with van der Waals surface area (Å²) in [6, 6.07) is 17.5. The van der Waals surface area contributed by atoms with Gasteiger partial charge in [-0.15, -0.1) is 11.3 Å². The van der Waals surface area contributed by atoms with E-state index in [4.69, 9.17) is 16.3 Å². The highest BCUT2D eigenvalue weighted by Gasteiger charge is 2.34. The van der Waals surface area contributed by atoms with Crippen LogP contribution in [0.1, 0.15) is 12.8 Å². The van der Waals surface area contributed by atoms with E-state index in [0.717, 1.165) is 0 Å². The van der Waals surface area contributed by atoms with Crippen LogP contribution in [0.4, 0.5) is 5.69 Å². The van der Waals surface area contributed by atoms with Crippen molar-refractivity contribution in [3.63, 3.8) is 0 Å². The van der Waals surface area contributed by atoms with E-state index in [2.05, 4.69) is 5.32 Å². The Morgan fingerprint density at radius 2 is 1.94 bits per heavy atom. The molecule has 0 bridgehead atoms. The average molecular weight is 477 g/mol. The summed E-state index contributed by atoms with van der Waals surface area (Å²) >= 11 is 7.31. The van der Waals surface area contributed by atoms with Crippen LogP contribution >= 0.6 is 22.9 Å². The Morgan fingerprint density at radius 3 is 2.68 bits per heavy atom. The van der Waals surface area contributed by atoms with Gasteiger partial charge in [-0.3, -0.25) is 4.79 Å². The summed E-state index contributed by atoms with van der Waals surface area (Å²) in [5, 5.41) is 5.07. The molecule has 1 amide bonds. The molecule has 1 aliphatic heterocycles. The highest BCUT2D eigenvalue weighted by molar-refractivity contribution is 7.91. The molecule has 0 radical (unpaired) electrons. The number of para-hydroxylation sites is 1. The van der Waals surface area contributed by atoms with Crippen molar-refractivity contribution in [2.45, 2.75) is 17.1 Å². The Bertz CT molecular complexity index is 1150. The average Bonchev–Trinajstić information content (AvgIpc) is 3.32. The molecule has 1 N–H and O–H groups in total. The fraction of sp³-hybridized carbons (Fsp3) is 0.227. The SMILES string of the molecule is O=C(Nc1cc(Cl)ccc1Oc1ccccc1)[C@@H]1CCCN(S(=O)(=O)c2cccs2)C1. The van der Waals surface area contributed by atoms with Gasteiger partial charge in [-0.2, -0.15) is 4.31 Å². The molecule has 1 aliphatic rings. The van der Waals surface area contributed by atoms with Crippen LogP contribution in [0.25, 0.3) is 0 Å². The molecule has 1 saturated heterocycles. The third-order valence-corrected chi connectivity index (χ3v) is 8.49. The van der Waals surface area contributed by atoms with Crippen LogP contribution < -0.4 is 10.1 Å². The van der Waals surface area contributed by atoms with E-state index in [1.807, 2.05) is 30.3 Å². The summed E-state index contributed by atoms with van der Waals surface area (Å²) in [6.07, 6.45) is 1.23. The van der Waals surface area contributed by atoms with E-state index in [0.29, 0.717) is 45.8 Å². The lowest BCUT2D eigenvalue weighted by molar-refractivity contribution is -0.120. The van der Waals surface area contributed by atoms with Gasteiger partial charge in [-0.1, -0.05) is 35.9 Å². The van der Waals surface area contributed by atoms with Gasteiger partial charge in [0, 0.05) is 18.1 Å². The van der Waals surface area contributed by atoms with Crippen LogP contribution in [0, 0.1) is 5.92 Å². The van der Waals surface area contributed by atoms with Gasteiger partial charge in [-0.05, 0) is 54.6 Å². The quantitative estimate of drug-likeness (QED) is 0.528. The molecule has 1 atom stereocenters. The number of amides is 1. The van der Waals surface area contributed by atoms with Crippen LogP contribution in [0.15, 0.2) is 70.3 Å². The number of sulfonamides is 1. The van der Waals surface area contributed by atoms with E-state index in [9.17, 15) is 13.2 Å². The zero-order chi connectivity index (χ0) is 21.8.